The molecule has 1 aliphatic rings. The smallest absolute Gasteiger partial charge is 0.339 e. The van der Waals surface area contributed by atoms with Crippen LogP contribution in [0.1, 0.15) is 43.3 Å². The maximum Gasteiger partial charge on any atom is 0.391 e. The molecule has 7 heteroatoms. The SMILES string of the molecule is NCCc1noc(C2CCC(C(F)(F)F)CC2)n1. The molecule has 1 fully saturated rings. The summed E-state index contributed by atoms with van der Waals surface area (Å²) < 4.78 is 42.6. The molecule has 2 N–H and O–H groups in total. The molecule has 0 saturated heterocycles. The fraction of sp³-hybridized carbons (Fsp3) is 0.818. The fourth-order valence-electron chi connectivity index (χ4n) is 2.33. The Balaban J connectivity index is 1.92. The van der Waals surface area contributed by atoms with Gasteiger partial charge in [0, 0.05) is 12.3 Å². The molecule has 1 aromatic heterocycles. The highest BCUT2D eigenvalue weighted by atomic mass is 19.4. The molecule has 0 amide bonds. The van der Waals surface area contributed by atoms with Crippen molar-refractivity contribution in [1.29, 1.82) is 0 Å². The Morgan fingerprint density at radius 3 is 2.44 bits per heavy atom. The van der Waals surface area contributed by atoms with Gasteiger partial charge in [0.05, 0.1) is 5.92 Å². The topological polar surface area (TPSA) is 64.9 Å². The number of nitrogens with zero attached hydrogens (tertiary/aromatic N) is 2. The number of hydrogen-bond donors (Lipinski definition) is 1. The van der Waals surface area contributed by atoms with Crippen LogP contribution in [0.15, 0.2) is 4.52 Å². The van der Waals surface area contributed by atoms with E-state index in [2.05, 4.69) is 10.1 Å². The third kappa shape index (κ3) is 3.01. The number of hydrogen-bond acceptors (Lipinski definition) is 4. The summed E-state index contributed by atoms with van der Waals surface area (Å²) in [5.41, 5.74) is 5.37. The molecule has 0 unspecified atom stereocenters. The van der Waals surface area contributed by atoms with Gasteiger partial charge in [0.1, 0.15) is 0 Å². The highest BCUT2D eigenvalue weighted by Gasteiger charge is 2.42. The zero-order chi connectivity index (χ0) is 13.2. The summed E-state index contributed by atoms with van der Waals surface area (Å²) in [6, 6.07) is 0. The molecule has 4 nitrogen and oxygen atoms in total. The number of nitrogens with two attached hydrogens (primary N) is 1. The summed E-state index contributed by atoms with van der Waals surface area (Å²) >= 11 is 0. The van der Waals surface area contributed by atoms with Crippen LogP contribution in [0.4, 0.5) is 13.2 Å². The van der Waals surface area contributed by atoms with Gasteiger partial charge in [-0.1, -0.05) is 5.16 Å². The monoisotopic (exact) mass is 263 g/mol. The van der Waals surface area contributed by atoms with Crippen molar-refractivity contribution in [1.82, 2.24) is 10.1 Å². The predicted molar refractivity (Wildman–Crippen MR) is 57.8 cm³/mol. The summed E-state index contributed by atoms with van der Waals surface area (Å²) in [5.74, 6) is -0.229. The average molecular weight is 263 g/mol. The second-order valence-electron chi connectivity index (χ2n) is 4.68. The zero-order valence-corrected chi connectivity index (χ0v) is 9.91. The molecule has 0 bridgehead atoms. The van der Waals surface area contributed by atoms with E-state index < -0.39 is 12.1 Å². The van der Waals surface area contributed by atoms with Gasteiger partial charge in [-0.25, -0.2) is 0 Å². The van der Waals surface area contributed by atoms with Gasteiger partial charge in [-0.15, -0.1) is 0 Å². The molecule has 1 saturated carbocycles. The minimum atomic E-state index is -4.08. The van der Waals surface area contributed by atoms with Crippen LogP contribution in [0, 0.1) is 5.92 Å². The standard InChI is InChI=1S/C11H16F3N3O/c12-11(13,14)8-3-1-7(2-4-8)10-16-9(5-6-15)17-18-10/h7-8H,1-6,15H2. The van der Waals surface area contributed by atoms with Crippen molar-refractivity contribution in [2.45, 2.75) is 44.2 Å². The summed E-state index contributed by atoms with van der Waals surface area (Å²) in [5, 5.41) is 3.76. The Morgan fingerprint density at radius 1 is 1.22 bits per heavy atom. The molecule has 0 spiro atoms. The van der Waals surface area contributed by atoms with Gasteiger partial charge in [0.15, 0.2) is 5.82 Å². The molecule has 18 heavy (non-hydrogen) atoms. The van der Waals surface area contributed by atoms with Gasteiger partial charge in [-0.2, -0.15) is 18.2 Å². The molecule has 0 atom stereocenters. The van der Waals surface area contributed by atoms with Gasteiger partial charge in [0.25, 0.3) is 0 Å². The highest BCUT2D eigenvalue weighted by molar-refractivity contribution is 4.97. The van der Waals surface area contributed by atoms with Crippen molar-refractivity contribution in [2.75, 3.05) is 6.54 Å². The Bertz CT molecular complexity index is 383. The predicted octanol–water partition coefficient (Wildman–Crippen LogP) is 2.41. The van der Waals surface area contributed by atoms with Crippen molar-refractivity contribution in [2.24, 2.45) is 11.7 Å². The van der Waals surface area contributed by atoms with Crippen LogP contribution < -0.4 is 5.73 Å². The van der Waals surface area contributed by atoms with Gasteiger partial charge in [0.2, 0.25) is 5.89 Å². The number of aromatic nitrogens is 2. The molecule has 0 aromatic carbocycles. The first-order valence-electron chi connectivity index (χ1n) is 6.10. The van der Waals surface area contributed by atoms with Crippen LogP contribution >= 0.6 is 0 Å². The minimum absolute atomic E-state index is 0.0392. The highest BCUT2D eigenvalue weighted by Crippen LogP contribution is 2.42. The van der Waals surface area contributed by atoms with Crippen LogP contribution in [-0.4, -0.2) is 22.9 Å². The van der Waals surface area contributed by atoms with Gasteiger partial charge in [-0.05, 0) is 32.2 Å². The summed E-state index contributed by atoms with van der Waals surface area (Å²) in [4.78, 5) is 4.17. The zero-order valence-electron chi connectivity index (χ0n) is 9.91. The van der Waals surface area contributed by atoms with E-state index in [-0.39, 0.29) is 18.8 Å². The van der Waals surface area contributed by atoms with Crippen molar-refractivity contribution < 1.29 is 17.7 Å². The van der Waals surface area contributed by atoms with E-state index in [1.807, 2.05) is 0 Å². The van der Waals surface area contributed by atoms with Crippen LogP contribution in [0.5, 0.6) is 0 Å². The second-order valence-corrected chi connectivity index (χ2v) is 4.68. The van der Waals surface area contributed by atoms with Crippen LogP contribution in [-0.2, 0) is 6.42 Å². The molecule has 0 aliphatic heterocycles. The minimum Gasteiger partial charge on any atom is -0.339 e. The summed E-state index contributed by atoms with van der Waals surface area (Å²) in [6.45, 7) is 0.430. The van der Waals surface area contributed by atoms with Crippen molar-refractivity contribution >= 4 is 0 Å². The van der Waals surface area contributed by atoms with Crippen molar-refractivity contribution in [3.05, 3.63) is 11.7 Å². The lowest BCUT2D eigenvalue weighted by Gasteiger charge is -2.27. The maximum atomic E-state index is 12.5. The van der Waals surface area contributed by atoms with Gasteiger partial charge < -0.3 is 10.3 Å². The molecule has 1 aliphatic carbocycles. The Hall–Kier alpha value is -1.11. The lowest BCUT2D eigenvalue weighted by molar-refractivity contribution is -0.182. The lowest BCUT2D eigenvalue weighted by Crippen LogP contribution is -2.27. The Kier molecular flexibility index (Phi) is 3.89. The van der Waals surface area contributed by atoms with E-state index in [0.29, 0.717) is 37.5 Å². The molecule has 102 valence electrons. The average Bonchev–Trinajstić information content (AvgIpc) is 2.77. The summed E-state index contributed by atoms with van der Waals surface area (Å²) in [7, 11) is 0. The molecular formula is C11H16F3N3O. The van der Waals surface area contributed by atoms with Crippen LogP contribution in [0.25, 0.3) is 0 Å². The van der Waals surface area contributed by atoms with Crippen molar-refractivity contribution in [3.8, 4) is 0 Å². The molecule has 0 radical (unpaired) electrons. The third-order valence-electron chi connectivity index (χ3n) is 3.39. The Labute approximate surface area is 103 Å². The number of rotatable bonds is 3. The van der Waals surface area contributed by atoms with E-state index in [1.54, 1.807) is 0 Å². The molecular weight excluding hydrogens is 247 g/mol. The quantitative estimate of drug-likeness (QED) is 0.909. The van der Waals surface area contributed by atoms with Gasteiger partial charge in [-0.3, -0.25) is 0 Å². The lowest BCUT2D eigenvalue weighted by atomic mass is 9.81. The van der Waals surface area contributed by atoms with E-state index in [9.17, 15) is 13.2 Å². The third-order valence-corrected chi connectivity index (χ3v) is 3.39. The molecule has 1 aromatic rings. The normalized spacial score (nSPS) is 25.3. The van der Waals surface area contributed by atoms with E-state index >= 15 is 0 Å². The van der Waals surface area contributed by atoms with E-state index in [0.717, 1.165) is 0 Å². The maximum absolute atomic E-state index is 12.5. The number of halogens is 3. The number of alkyl halides is 3. The van der Waals surface area contributed by atoms with Crippen molar-refractivity contribution in [3.63, 3.8) is 0 Å². The van der Waals surface area contributed by atoms with Crippen LogP contribution in [0.2, 0.25) is 0 Å². The van der Waals surface area contributed by atoms with Gasteiger partial charge >= 0.3 is 6.18 Å². The molecule has 2 rings (SSSR count). The summed E-state index contributed by atoms with van der Waals surface area (Å²) in [6.07, 6.45) is -2.36. The Morgan fingerprint density at radius 2 is 1.89 bits per heavy atom. The first kappa shape index (κ1) is 13.3. The largest absolute Gasteiger partial charge is 0.391 e. The fourth-order valence-corrected chi connectivity index (χ4v) is 2.33. The van der Waals surface area contributed by atoms with Crippen LogP contribution in [0.3, 0.4) is 0 Å². The van der Waals surface area contributed by atoms with E-state index in [4.69, 9.17) is 10.3 Å². The van der Waals surface area contributed by atoms with E-state index in [1.165, 1.54) is 0 Å². The first-order valence-corrected chi connectivity index (χ1v) is 6.10. The first-order chi connectivity index (χ1) is 8.50. The second kappa shape index (κ2) is 5.26. The molecule has 1 heterocycles.